The molecule has 0 aromatic heterocycles. The lowest BCUT2D eigenvalue weighted by molar-refractivity contribution is -0.275. The number of halogens is 3. The van der Waals surface area contributed by atoms with Gasteiger partial charge in [0.15, 0.2) is 0 Å². The fraction of sp³-hybridized carbons (Fsp3) is 0.364. The summed E-state index contributed by atoms with van der Waals surface area (Å²) in [7, 11) is 0. The van der Waals surface area contributed by atoms with Gasteiger partial charge in [-0.15, -0.1) is 13.2 Å². The molecule has 1 N–H and O–H groups in total. The van der Waals surface area contributed by atoms with Crippen LogP contribution < -0.4 is 4.74 Å². The minimum absolute atomic E-state index is 0.0991. The Morgan fingerprint density at radius 1 is 1.39 bits per heavy atom. The molecule has 0 aliphatic carbocycles. The fourth-order valence-corrected chi connectivity index (χ4v) is 1.31. The number of hydrogen-bond donors (Lipinski definition) is 1. The predicted molar refractivity (Wildman–Crippen MR) is 55.1 cm³/mol. The van der Waals surface area contributed by atoms with Gasteiger partial charge in [0.2, 0.25) is 0 Å². The van der Waals surface area contributed by atoms with Crippen LogP contribution in [-0.4, -0.2) is 24.0 Å². The maximum atomic E-state index is 12.1. The minimum Gasteiger partial charge on any atom is -0.508 e. The average molecular weight is 264 g/mol. The Morgan fingerprint density at radius 3 is 2.61 bits per heavy atom. The van der Waals surface area contributed by atoms with Gasteiger partial charge in [-0.1, -0.05) is 6.07 Å². The second-order valence-electron chi connectivity index (χ2n) is 3.28. The summed E-state index contributed by atoms with van der Waals surface area (Å²) >= 11 is 0. The molecule has 7 heteroatoms. The van der Waals surface area contributed by atoms with Gasteiger partial charge in [0.1, 0.15) is 11.5 Å². The van der Waals surface area contributed by atoms with Crippen LogP contribution in [0.15, 0.2) is 18.2 Å². The Labute approximate surface area is 101 Å². The van der Waals surface area contributed by atoms with Gasteiger partial charge in [-0.2, -0.15) is 0 Å². The van der Waals surface area contributed by atoms with Crippen molar-refractivity contribution in [3.05, 3.63) is 23.8 Å². The number of phenolic OH excluding ortho intramolecular Hbond substituents is 1. The average Bonchev–Trinajstić information content (AvgIpc) is 2.21. The molecule has 0 bridgehead atoms. The molecule has 0 unspecified atom stereocenters. The number of hydrogen-bond acceptors (Lipinski definition) is 4. The Kier molecular flexibility index (Phi) is 4.41. The third-order valence-corrected chi connectivity index (χ3v) is 1.96. The molecule has 0 atom stereocenters. The lowest BCUT2D eigenvalue weighted by Crippen LogP contribution is -2.19. The standard InChI is InChI=1S/C11H11F3O4/c1-2-17-10(16)6-7-8(15)4-3-5-9(7)18-11(12,13)14/h3-5,15H,2,6H2,1H3. The zero-order chi connectivity index (χ0) is 13.8. The number of carbonyl (C=O) groups is 1. The third-order valence-electron chi connectivity index (χ3n) is 1.96. The quantitative estimate of drug-likeness (QED) is 0.848. The summed E-state index contributed by atoms with van der Waals surface area (Å²) in [5, 5.41) is 9.45. The largest absolute Gasteiger partial charge is 0.573 e. The van der Waals surface area contributed by atoms with Crippen molar-refractivity contribution in [1.82, 2.24) is 0 Å². The van der Waals surface area contributed by atoms with Gasteiger partial charge in [-0.3, -0.25) is 4.79 Å². The van der Waals surface area contributed by atoms with E-state index in [4.69, 9.17) is 0 Å². The zero-order valence-electron chi connectivity index (χ0n) is 9.45. The molecule has 0 amide bonds. The lowest BCUT2D eigenvalue weighted by Gasteiger charge is -2.13. The summed E-state index contributed by atoms with van der Waals surface area (Å²) in [5.74, 6) is -1.81. The molecule has 1 rings (SSSR count). The third kappa shape index (κ3) is 4.15. The van der Waals surface area contributed by atoms with E-state index >= 15 is 0 Å². The first-order valence-corrected chi connectivity index (χ1v) is 5.05. The second kappa shape index (κ2) is 5.61. The highest BCUT2D eigenvalue weighted by atomic mass is 19.4. The number of benzene rings is 1. The number of carbonyl (C=O) groups excluding carboxylic acids is 1. The molecule has 0 aliphatic heterocycles. The maximum absolute atomic E-state index is 12.1. The Hall–Kier alpha value is -1.92. The van der Waals surface area contributed by atoms with Crippen LogP contribution in [0.1, 0.15) is 12.5 Å². The molecule has 1 aromatic carbocycles. The van der Waals surface area contributed by atoms with Crippen molar-refractivity contribution >= 4 is 5.97 Å². The van der Waals surface area contributed by atoms with Crippen molar-refractivity contribution in [3.63, 3.8) is 0 Å². The van der Waals surface area contributed by atoms with E-state index in [0.29, 0.717) is 0 Å². The SMILES string of the molecule is CCOC(=O)Cc1c(O)cccc1OC(F)(F)F. The Morgan fingerprint density at radius 2 is 2.06 bits per heavy atom. The first-order chi connectivity index (χ1) is 8.33. The summed E-state index contributed by atoms with van der Waals surface area (Å²) in [6.45, 7) is 1.66. The van der Waals surface area contributed by atoms with Gasteiger partial charge in [-0.05, 0) is 19.1 Å². The van der Waals surface area contributed by atoms with Crippen LogP contribution in [0.25, 0.3) is 0 Å². The van der Waals surface area contributed by atoms with E-state index in [1.807, 2.05) is 0 Å². The second-order valence-corrected chi connectivity index (χ2v) is 3.28. The molecule has 0 heterocycles. The van der Waals surface area contributed by atoms with Crippen LogP contribution in [-0.2, 0) is 16.0 Å². The molecule has 1 aromatic rings. The summed E-state index contributed by atoms with van der Waals surface area (Å²) < 4.78 is 44.7. The van der Waals surface area contributed by atoms with Crippen LogP contribution in [0.4, 0.5) is 13.2 Å². The molecule has 100 valence electrons. The van der Waals surface area contributed by atoms with Crippen molar-refractivity contribution in [2.24, 2.45) is 0 Å². The Bertz CT molecular complexity index is 429. The van der Waals surface area contributed by atoms with Gasteiger partial charge in [0, 0.05) is 5.56 Å². The van der Waals surface area contributed by atoms with Crippen LogP contribution in [0.3, 0.4) is 0 Å². The molecule has 0 spiro atoms. The van der Waals surface area contributed by atoms with Gasteiger partial charge in [0.05, 0.1) is 13.0 Å². The molecule has 18 heavy (non-hydrogen) atoms. The topological polar surface area (TPSA) is 55.8 Å². The molecule has 4 nitrogen and oxygen atoms in total. The first-order valence-electron chi connectivity index (χ1n) is 5.05. The summed E-state index contributed by atoms with van der Waals surface area (Å²) in [5.41, 5.74) is -0.256. The molecular weight excluding hydrogens is 253 g/mol. The number of esters is 1. The summed E-state index contributed by atoms with van der Waals surface area (Å²) in [6, 6.07) is 3.37. The van der Waals surface area contributed by atoms with Gasteiger partial charge >= 0.3 is 12.3 Å². The van der Waals surface area contributed by atoms with Crippen LogP contribution in [0, 0.1) is 0 Å². The van der Waals surface area contributed by atoms with E-state index in [1.165, 1.54) is 6.07 Å². The fourth-order valence-electron chi connectivity index (χ4n) is 1.31. The van der Waals surface area contributed by atoms with E-state index in [2.05, 4.69) is 9.47 Å². The highest BCUT2D eigenvalue weighted by Crippen LogP contribution is 2.32. The monoisotopic (exact) mass is 264 g/mol. The van der Waals surface area contributed by atoms with E-state index in [0.717, 1.165) is 12.1 Å². The van der Waals surface area contributed by atoms with E-state index in [1.54, 1.807) is 6.92 Å². The van der Waals surface area contributed by atoms with Crippen molar-refractivity contribution in [2.45, 2.75) is 19.7 Å². The zero-order valence-corrected chi connectivity index (χ0v) is 9.45. The molecule has 0 saturated heterocycles. The highest BCUT2D eigenvalue weighted by molar-refractivity contribution is 5.74. The molecular formula is C11H11F3O4. The van der Waals surface area contributed by atoms with Gasteiger partial charge < -0.3 is 14.6 Å². The maximum Gasteiger partial charge on any atom is 0.573 e. The smallest absolute Gasteiger partial charge is 0.508 e. The minimum atomic E-state index is -4.89. The highest BCUT2D eigenvalue weighted by Gasteiger charge is 2.32. The van der Waals surface area contributed by atoms with Gasteiger partial charge in [0.25, 0.3) is 0 Å². The number of aromatic hydroxyl groups is 1. The lowest BCUT2D eigenvalue weighted by atomic mass is 10.1. The van der Waals surface area contributed by atoms with Crippen molar-refractivity contribution in [2.75, 3.05) is 6.61 Å². The van der Waals surface area contributed by atoms with E-state index in [-0.39, 0.29) is 12.2 Å². The molecule has 0 saturated carbocycles. The van der Waals surface area contributed by atoms with E-state index < -0.39 is 30.3 Å². The number of alkyl halides is 3. The molecule has 0 aliphatic rings. The van der Waals surface area contributed by atoms with Crippen LogP contribution in [0.5, 0.6) is 11.5 Å². The van der Waals surface area contributed by atoms with Gasteiger partial charge in [-0.25, -0.2) is 0 Å². The Balaban J connectivity index is 2.97. The van der Waals surface area contributed by atoms with Crippen molar-refractivity contribution < 1.29 is 32.5 Å². The van der Waals surface area contributed by atoms with E-state index in [9.17, 15) is 23.1 Å². The predicted octanol–water partition coefficient (Wildman–Crippen LogP) is 2.40. The first kappa shape index (κ1) is 14.1. The molecule has 0 fully saturated rings. The molecule has 0 radical (unpaired) electrons. The van der Waals surface area contributed by atoms with Crippen LogP contribution in [0.2, 0.25) is 0 Å². The number of ether oxygens (including phenoxy) is 2. The normalized spacial score (nSPS) is 11.1. The van der Waals surface area contributed by atoms with Crippen LogP contribution >= 0.6 is 0 Å². The van der Waals surface area contributed by atoms with Crippen molar-refractivity contribution in [3.8, 4) is 11.5 Å². The summed E-state index contributed by atoms with van der Waals surface area (Å²) in [6.07, 6.45) is -5.39. The van der Waals surface area contributed by atoms with Crippen molar-refractivity contribution in [1.29, 1.82) is 0 Å². The number of rotatable bonds is 4. The number of phenols is 1. The summed E-state index contributed by atoms with van der Waals surface area (Å²) in [4.78, 5) is 11.2.